The Labute approximate surface area is 139 Å². The highest BCUT2D eigenvalue weighted by atomic mass is 16.7. The van der Waals surface area contributed by atoms with Crippen molar-refractivity contribution in [3.63, 3.8) is 0 Å². The molecule has 0 amide bonds. The molecule has 1 aromatic carbocycles. The van der Waals surface area contributed by atoms with E-state index in [1.807, 2.05) is 18.2 Å². The van der Waals surface area contributed by atoms with Crippen LogP contribution in [0, 0.1) is 17.8 Å². The van der Waals surface area contributed by atoms with Gasteiger partial charge >= 0.3 is 5.97 Å². The minimum absolute atomic E-state index is 0.0475. The third kappa shape index (κ3) is 5.33. The Bertz CT molecular complexity index is 487. The van der Waals surface area contributed by atoms with E-state index < -0.39 is 6.29 Å². The topological polar surface area (TPSA) is 44.8 Å². The molecule has 0 aliphatic carbocycles. The van der Waals surface area contributed by atoms with Gasteiger partial charge in [-0.2, -0.15) is 0 Å². The highest BCUT2D eigenvalue weighted by molar-refractivity contribution is 5.66. The summed E-state index contributed by atoms with van der Waals surface area (Å²) in [7, 11) is 0. The first-order valence-corrected chi connectivity index (χ1v) is 8.41. The van der Waals surface area contributed by atoms with Gasteiger partial charge in [0.1, 0.15) is 0 Å². The minimum Gasteiger partial charge on any atom is -0.436 e. The van der Waals surface area contributed by atoms with Gasteiger partial charge in [0.05, 0.1) is 19.3 Å². The van der Waals surface area contributed by atoms with Crippen LogP contribution in [0.2, 0.25) is 0 Å². The maximum absolute atomic E-state index is 11.2. The predicted molar refractivity (Wildman–Crippen MR) is 88.6 cm³/mol. The zero-order valence-electron chi connectivity index (χ0n) is 14.5. The molecule has 1 aliphatic rings. The number of hydrogen-bond acceptors (Lipinski definition) is 4. The lowest BCUT2D eigenvalue weighted by atomic mass is 9.84. The largest absolute Gasteiger partial charge is 0.436 e. The van der Waals surface area contributed by atoms with Gasteiger partial charge in [0, 0.05) is 18.8 Å². The molecule has 4 heteroatoms. The molecule has 1 aromatic rings. The number of ether oxygens (including phenoxy) is 3. The van der Waals surface area contributed by atoms with Gasteiger partial charge in [0.25, 0.3) is 0 Å². The van der Waals surface area contributed by atoms with Crippen LogP contribution in [0.1, 0.15) is 39.7 Å². The second-order valence-corrected chi connectivity index (χ2v) is 6.75. The molecular weight excluding hydrogens is 292 g/mol. The summed E-state index contributed by atoms with van der Waals surface area (Å²) < 4.78 is 17.2. The summed E-state index contributed by atoms with van der Waals surface area (Å²) in [6.07, 6.45) is 0.600. The summed E-state index contributed by atoms with van der Waals surface area (Å²) in [5.41, 5.74) is 1.17. The molecule has 128 valence electrons. The molecule has 0 radical (unpaired) electrons. The molecule has 4 nitrogen and oxygen atoms in total. The van der Waals surface area contributed by atoms with Crippen molar-refractivity contribution < 1.29 is 19.0 Å². The summed E-state index contributed by atoms with van der Waals surface area (Å²) in [5, 5.41) is 0. The molecule has 0 aromatic heterocycles. The second-order valence-electron chi connectivity index (χ2n) is 6.75. The van der Waals surface area contributed by atoms with Crippen LogP contribution in [0.25, 0.3) is 0 Å². The maximum atomic E-state index is 11.2. The van der Waals surface area contributed by atoms with E-state index in [0.717, 1.165) is 6.42 Å². The minimum atomic E-state index is -0.440. The van der Waals surface area contributed by atoms with Crippen LogP contribution in [-0.4, -0.2) is 25.0 Å². The third-order valence-electron chi connectivity index (χ3n) is 4.40. The fraction of sp³-hybridized carbons (Fsp3) is 0.632. The van der Waals surface area contributed by atoms with Crippen molar-refractivity contribution in [2.24, 2.45) is 17.8 Å². The van der Waals surface area contributed by atoms with Gasteiger partial charge in [-0.15, -0.1) is 0 Å². The van der Waals surface area contributed by atoms with Crippen molar-refractivity contribution in [2.75, 3.05) is 6.61 Å². The molecule has 23 heavy (non-hydrogen) atoms. The molecule has 5 atom stereocenters. The quantitative estimate of drug-likeness (QED) is 0.748. The Kier molecular flexibility index (Phi) is 6.60. The molecule has 1 saturated heterocycles. The Morgan fingerprint density at radius 2 is 1.96 bits per heavy atom. The number of hydrogen-bond donors (Lipinski definition) is 0. The molecular formula is C19H28O4. The molecule has 0 spiro atoms. The molecule has 0 N–H and O–H groups in total. The first-order chi connectivity index (χ1) is 11.0. The van der Waals surface area contributed by atoms with E-state index in [1.54, 1.807) is 0 Å². The fourth-order valence-corrected chi connectivity index (χ4v) is 3.29. The van der Waals surface area contributed by atoms with Crippen molar-refractivity contribution in [3.05, 3.63) is 35.9 Å². The summed E-state index contributed by atoms with van der Waals surface area (Å²) in [6.45, 7) is 9.05. The first kappa shape index (κ1) is 18.0. The standard InChI is InChI=1S/C19H28O4/c1-13-10-14(2)19(22-16(4)20)23-18(13)15(3)11-21-12-17-8-6-5-7-9-17/h5-9,13-15,18-19H,10-12H2,1-4H3/t13-,14-,15-,18+,19-/m0/s1. The van der Waals surface area contributed by atoms with E-state index in [1.165, 1.54) is 12.5 Å². The van der Waals surface area contributed by atoms with E-state index in [2.05, 4.69) is 32.9 Å². The van der Waals surface area contributed by atoms with Crippen LogP contribution in [-0.2, 0) is 25.6 Å². The Morgan fingerprint density at radius 3 is 2.61 bits per heavy atom. The van der Waals surface area contributed by atoms with Crippen molar-refractivity contribution >= 4 is 5.97 Å². The highest BCUT2D eigenvalue weighted by Crippen LogP contribution is 2.33. The van der Waals surface area contributed by atoms with Gasteiger partial charge in [-0.25, -0.2) is 0 Å². The van der Waals surface area contributed by atoms with Crippen LogP contribution in [0.5, 0.6) is 0 Å². The molecule has 1 aliphatic heterocycles. The average molecular weight is 320 g/mol. The van der Waals surface area contributed by atoms with Gasteiger partial charge in [-0.05, 0) is 17.9 Å². The number of esters is 1. The smallest absolute Gasteiger partial charge is 0.304 e. The zero-order chi connectivity index (χ0) is 16.8. The summed E-state index contributed by atoms with van der Waals surface area (Å²) >= 11 is 0. The summed E-state index contributed by atoms with van der Waals surface area (Å²) in [5.74, 6) is 0.608. The fourth-order valence-electron chi connectivity index (χ4n) is 3.29. The Morgan fingerprint density at radius 1 is 1.26 bits per heavy atom. The Balaban J connectivity index is 1.84. The third-order valence-corrected chi connectivity index (χ3v) is 4.40. The lowest BCUT2D eigenvalue weighted by Crippen LogP contribution is -2.45. The summed E-state index contributed by atoms with van der Waals surface area (Å²) in [4.78, 5) is 11.2. The van der Waals surface area contributed by atoms with Crippen molar-refractivity contribution in [1.82, 2.24) is 0 Å². The van der Waals surface area contributed by atoms with E-state index in [-0.39, 0.29) is 23.9 Å². The molecule has 0 saturated carbocycles. The number of carbonyl (C=O) groups excluding carboxylic acids is 1. The highest BCUT2D eigenvalue weighted by Gasteiger charge is 2.37. The molecule has 0 unspecified atom stereocenters. The maximum Gasteiger partial charge on any atom is 0.304 e. The number of benzene rings is 1. The lowest BCUT2D eigenvalue weighted by Gasteiger charge is -2.40. The van der Waals surface area contributed by atoms with E-state index in [0.29, 0.717) is 19.1 Å². The summed E-state index contributed by atoms with van der Waals surface area (Å²) in [6, 6.07) is 10.1. The van der Waals surface area contributed by atoms with Gasteiger partial charge in [-0.3, -0.25) is 4.79 Å². The molecule has 2 rings (SSSR count). The van der Waals surface area contributed by atoms with Crippen LogP contribution in [0.4, 0.5) is 0 Å². The zero-order valence-corrected chi connectivity index (χ0v) is 14.5. The number of rotatable bonds is 6. The van der Waals surface area contributed by atoms with Crippen LogP contribution < -0.4 is 0 Å². The van der Waals surface area contributed by atoms with E-state index >= 15 is 0 Å². The average Bonchev–Trinajstić information content (AvgIpc) is 2.50. The predicted octanol–water partition coefficient (Wildman–Crippen LogP) is 3.79. The second kappa shape index (κ2) is 8.46. The van der Waals surface area contributed by atoms with Crippen LogP contribution in [0.3, 0.4) is 0 Å². The molecule has 1 heterocycles. The van der Waals surface area contributed by atoms with E-state index in [4.69, 9.17) is 14.2 Å². The molecule has 1 fully saturated rings. The van der Waals surface area contributed by atoms with Crippen LogP contribution >= 0.6 is 0 Å². The first-order valence-electron chi connectivity index (χ1n) is 8.41. The normalized spacial score (nSPS) is 29.0. The monoisotopic (exact) mass is 320 g/mol. The molecule has 0 bridgehead atoms. The van der Waals surface area contributed by atoms with Crippen molar-refractivity contribution in [3.8, 4) is 0 Å². The van der Waals surface area contributed by atoms with Gasteiger partial charge in [-0.1, -0.05) is 51.1 Å². The number of carbonyl (C=O) groups is 1. The SMILES string of the molecule is CC(=O)O[C@H]1O[C@@H]([C@@H](C)COCc2ccccc2)[C@@H](C)C[C@@H]1C. The van der Waals surface area contributed by atoms with Gasteiger partial charge < -0.3 is 14.2 Å². The van der Waals surface area contributed by atoms with Crippen molar-refractivity contribution in [2.45, 2.75) is 53.1 Å². The van der Waals surface area contributed by atoms with Crippen LogP contribution in [0.15, 0.2) is 30.3 Å². The van der Waals surface area contributed by atoms with Gasteiger partial charge in [0.15, 0.2) is 0 Å². The van der Waals surface area contributed by atoms with E-state index in [9.17, 15) is 4.79 Å². The lowest BCUT2D eigenvalue weighted by molar-refractivity contribution is -0.239. The van der Waals surface area contributed by atoms with Gasteiger partial charge in [0.2, 0.25) is 6.29 Å². The Hall–Kier alpha value is -1.39. The van der Waals surface area contributed by atoms with Crippen molar-refractivity contribution in [1.29, 1.82) is 0 Å².